The third-order valence-electron chi connectivity index (χ3n) is 2.32. The summed E-state index contributed by atoms with van der Waals surface area (Å²) < 4.78 is 5.48. The third kappa shape index (κ3) is 2.64. The highest BCUT2D eigenvalue weighted by Gasteiger charge is 2.11. The van der Waals surface area contributed by atoms with Gasteiger partial charge in [0.05, 0.1) is 6.61 Å². The van der Waals surface area contributed by atoms with Gasteiger partial charge in [-0.25, -0.2) is 4.79 Å². The Hall–Kier alpha value is -2.40. The molecular weight excluding hydrogens is 234 g/mol. The molecule has 0 bridgehead atoms. The lowest BCUT2D eigenvalue weighted by atomic mass is 10.2. The number of aliphatic hydroxyl groups excluding tert-OH is 1. The van der Waals surface area contributed by atoms with Gasteiger partial charge in [0.2, 0.25) is 0 Å². The fourth-order valence-electron chi connectivity index (χ4n) is 1.47. The monoisotopic (exact) mass is 245 g/mol. The standard InChI is InChI=1S/C13H11NO4/c15-8-9-2-1-3-10(6-9)18-12-4-5-14-7-11(12)13(16)17/h1-7,15H,8H2,(H,16,17). The Kier molecular flexibility index (Phi) is 3.54. The Morgan fingerprint density at radius 3 is 2.89 bits per heavy atom. The Balaban J connectivity index is 2.31. The van der Waals surface area contributed by atoms with E-state index in [0.717, 1.165) is 0 Å². The molecule has 0 spiro atoms. The molecule has 0 aliphatic rings. The quantitative estimate of drug-likeness (QED) is 0.861. The first-order chi connectivity index (χ1) is 8.70. The molecule has 5 heteroatoms. The first-order valence-electron chi connectivity index (χ1n) is 5.25. The van der Waals surface area contributed by atoms with Crippen molar-refractivity contribution in [2.75, 3.05) is 0 Å². The van der Waals surface area contributed by atoms with Gasteiger partial charge in [-0.1, -0.05) is 12.1 Å². The number of rotatable bonds is 4. The van der Waals surface area contributed by atoms with Gasteiger partial charge in [0.1, 0.15) is 17.1 Å². The van der Waals surface area contributed by atoms with Crippen LogP contribution in [-0.2, 0) is 6.61 Å². The molecule has 1 aromatic heterocycles. The van der Waals surface area contributed by atoms with Crippen LogP contribution in [0.5, 0.6) is 11.5 Å². The van der Waals surface area contributed by atoms with Gasteiger partial charge in [-0.2, -0.15) is 0 Å². The van der Waals surface area contributed by atoms with E-state index in [1.165, 1.54) is 18.5 Å². The highest BCUT2D eigenvalue weighted by molar-refractivity contribution is 5.90. The highest BCUT2D eigenvalue weighted by Crippen LogP contribution is 2.25. The SMILES string of the molecule is O=C(O)c1cnccc1Oc1cccc(CO)c1. The molecule has 0 unspecified atom stereocenters. The highest BCUT2D eigenvalue weighted by atomic mass is 16.5. The molecule has 2 N–H and O–H groups in total. The minimum Gasteiger partial charge on any atom is -0.477 e. The number of hydrogen-bond acceptors (Lipinski definition) is 4. The summed E-state index contributed by atoms with van der Waals surface area (Å²) in [6, 6.07) is 8.28. The molecule has 1 aromatic carbocycles. The molecule has 0 saturated carbocycles. The lowest BCUT2D eigenvalue weighted by molar-refractivity contribution is 0.0693. The van der Waals surface area contributed by atoms with Crippen LogP contribution < -0.4 is 4.74 Å². The minimum atomic E-state index is -1.10. The van der Waals surface area contributed by atoms with Crippen molar-refractivity contribution in [2.24, 2.45) is 0 Å². The largest absolute Gasteiger partial charge is 0.477 e. The number of ether oxygens (including phenoxy) is 1. The molecule has 0 amide bonds. The minimum absolute atomic E-state index is 0.00750. The van der Waals surface area contributed by atoms with Gasteiger partial charge >= 0.3 is 5.97 Å². The van der Waals surface area contributed by atoms with Crippen molar-refractivity contribution in [2.45, 2.75) is 6.61 Å². The van der Waals surface area contributed by atoms with Gasteiger partial charge < -0.3 is 14.9 Å². The summed E-state index contributed by atoms with van der Waals surface area (Å²) in [4.78, 5) is 14.7. The number of hydrogen-bond donors (Lipinski definition) is 2. The van der Waals surface area contributed by atoms with Crippen molar-refractivity contribution in [1.29, 1.82) is 0 Å². The van der Waals surface area contributed by atoms with Crippen LogP contribution in [0.2, 0.25) is 0 Å². The smallest absolute Gasteiger partial charge is 0.341 e. The van der Waals surface area contributed by atoms with Crippen LogP contribution in [0, 0.1) is 0 Å². The summed E-state index contributed by atoms with van der Waals surface area (Å²) in [5, 5.41) is 18.0. The van der Waals surface area contributed by atoms with E-state index in [2.05, 4.69) is 4.98 Å². The average molecular weight is 245 g/mol. The zero-order chi connectivity index (χ0) is 13.0. The van der Waals surface area contributed by atoms with Crippen LogP contribution in [0.3, 0.4) is 0 Å². The molecule has 0 atom stereocenters. The van der Waals surface area contributed by atoms with Crippen molar-refractivity contribution in [1.82, 2.24) is 4.98 Å². The predicted octanol–water partition coefficient (Wildman–Crippen LogP) is 2.06. The summed E-state index contributed by atoms with van der Waals surface area (Å²) in [7, 11) is 0. The lowest BCUT2D eigenvalue weighted by Gasteiger charge is -2.08. The van der Waals surface area contributed by atoms with Gasteiger partial charge in [0, 0.05) is 18.5 Å². The number of aliphatic hydroxyl groups is 1. The van der Waals surface area contributed by atoms with Gasteiger partial charge in [-0.3, -0.25) is 4.98 Å². The molecule has 0 fully saturated rings. The fourth-order valence-corrected chi connectivity index (χ4v) is 1.47. The van der Waals surface area contributed by atoms with Crippen molar-refractivity contribution in [3.63, 3.8) is 0 Å². The predicted molar refractivity (Wildman–Crippen MR) is 63.6 cm³/mol. The van der Waals surface area contributed by atoms with Gasteiger partial charge in [0.15, 0.2) is 0 Å². The molecule has 2 rings (SSSR count). The average Bonchev–Trinajstić information content (AvgIpc) is 2.39. The maximum atomic E-state index is 11.0. The Morgan fingerprint density at radius 2 is 2.17 bits per heavy atom. The van der Waals surface area contributed by atoms with Crippen LogP contribution in [0.1, 0.15) is 15.9 Å². The van der Waals surface area contributed by atoms with E-state index >= 15 is 0 Å². The second-order valence-electron chi connectivity index (χ2n) is 3.58. The van der Waals surface area contributed by atoms with Crippen LogP contribution in [0.4, 0.5) is 0 Å². The summed E-state index contributed by atoms with van der Waals surface area (Å²) in [6.07, 6.45) is 2.69. The van der Waals surface area contributed by atoms with E-state index in [1.54, 1.807) is 24.3 Å². The van der Waals surface area contributed by atoms with Gasteiger partial charge in [0.25, 0.3) is 0 Å². The van der Waals surface area contributed by atoms with E-state index in [4.69, 9.17) is 14.9 Å². The maximum Gasteiger partial charge on any atom is 0.341 e. The summed E-state index contributed by atoms with van der Waals surface area (Å²) in [6.45, 7) is -0.0979. The maximum absolute atomic E-state index is 11.0. The molecule has 18 heavy (non-hydrogen) atoms. The zero-order valence-corrected chi connectivity index (χ0v) is 9.41. The Labute approximate surface area is 103 Å². The zero-order valence-electron chi connectivity index (χ0n) is 9.41. The summed E-state index contributed by atoms with van der Waals surface area (Å²) in [5.41, 5.74) is 0.685. The number of benzene rings is 1. The number of pyridine rings is 1. The molecule has 0 saturated heterocycles. The third-order valence-corrected chi connectivity index (χ3v) is 2.32. The number of carboxylic acid groups (broad SMARTS) is 1. The van der Waals surface area contributed by atoms with Gasteiger partial charge in [-0.15, -0.1) is 0 Å². The molecular formula is C13H11NO4. The van der Waals surface area contributed by atoms with Gasteiger partial charge in [-0.05, 0) is 17.7 Å². The number of carbonyl (C=O) groups is 1. The number of aromatic nitrogens is 1. The lowest BCUT2D eigenvalue weighted by Crippen LogP contribution is -2.00. The molecule has 2 aromatic rings. The van der Waals surface area contributed by atoms with E-state index in [0.29, 0.717) is 11.3 Å². The van der Waals surface area contributed by atoms with Crippen LogP contribution >= 0.6 is 0 Å². The molecule has 92 valence electrons. The van der Waals surface area contributed by atoms with E-state index in [-0.39, 0.29) is 17.9 Å². The van der Waals surface area contributed by atoms with Crippen LogP contribution in [-0.4, -0.2) is 21.2 Å². The Bertz CT molecular complexity index is 568. The van der Waals surface area contributed by atoms with E-state index < -0.39 is 5.97 Å². The number of aromatic carboxylic acids is 1. The first kappa shape index (κ1) is 12.1. The number of carboxylic acids is 1. The first-order valence-corrected chi connectivity index (χ1v) is 5.25. The van der Waals surface area contributed by atoms with Crippen molar-refractivity contribution < 1.29 is 19.7 Å². The molecule has 5 nitrogen and oxygen atoms in total. The van der Waals surface area contributed by atoms with Crippen molar-refractivity contribution in [3.05, 3.63) is 53.9 Å². The number of nitrogens with zero attached hydrogens (tertiary/aromatic N) is 1. The van der Waals surface area contributed by atoms with E-state index in [9.17, 15) is 4.79 Å². The topological polar surface area (TPSA) is 79.7 Å². The normalized spacial score (nSPS) is 10.1. The molecule has 1 heterocycles. The van der Waals surface area contributed by atoms with Crippen LogP contribution in [0.25, 0.3) is 0 Å². The summed E-state index contributed by atoms with van der Waals surface area (Å²) >= 11 is 0. The summed E-state index contributed by atoms with van der Waals surface area (Å²) in [5.74, 6) is -0.417. The fraction of sp³-hybridized carbons (Fsp3) is 0.0769. The molecule has 0 radical (unpaired) electrons. The van der Waals surface area contributed by atoms with Crippen molar-refractivity contribution >= 4 is 5.97 Å². The molecule has 0 aliphatic heterocycles. The van der Waals surface area contributed by atoms with Crippen LogP contribution in [0.15, 0.2) is 42.7 Å². The van der Waals surface area contributed by atoms with E-state index in [1.807, 2.05) is 0 Å². The second-order valence-corrected chi connectivity index (χ2v) is 3.58. The molecule has 0 aliphatic carbocycles. The Morgan fingerprint density at radius 1 is 1.33 bits per heavy atom. The second kappa shape index (κ2) is 5.29. The van der Waals surface area contributed by atoms with Crippen molar-refractivity contribution in [3.8, 4) is 11.5 Å².